The first-order chi connectivity index (χ1) is 13.9. The zero-order valence-corrected chi connectivity index (χ0v) is 20.2. The summed E-state index contributed by atoms with van der Waals surface area (Å²) in [5, 5.41) is 21.1. The molecule has 1 unspecified atom stereocenters. The van der Waals surface area contributed by atoms with E-state index in [-0.39, 0.29) is 0 Å². The van der Waals surface area contributed by atoms with Crippen LogP contribution in [0.3, 0.4) is 0 Å². The fourth-order valence-corrected chi connectivity index (χ4v) is 8.60. The molecule has 9 atom stereocenters. The van der Waals surface area contributed by atoms with Gasteiger partial charge in [0, 0.05) is 0 Å². The number of allylic oxidation sites excluding steroid dienone is 1. The van der Waals surface area contributed by atoms with E-state index in [4.69, 9.17) is 0 Å². The lowest BCUT2D eigenvalue weighted by Gasteiger charge is -2.59. The van der Waals surface area contributed by atoms with Gasteiger partial charge in [0.05, 0.1) is 11.2 Å². The Bertz CT molecular complexity index is 703. The molecule has 3 saturated carbocycles. The average Bonchev–Trinajstić information content (AvgIpc) is 3.04. The summed E-state index contributed by atoms with van der Waals surface area (Å²) < 4.78 is 0. The topological polar surface area (TPSA) is 40.5 Å². The molecule has 0 heterocycles. The Morgan fingerprint density at radius 2 is 1.90 bits per heavy atom. The van der Waals surface area contributed by atoms with Crippen molar-refractivity contribution < 1.29 is 10.2 Å². The molecule has 0 saturated heterocycles. The van der Waals surface area contributed by atoms with Crippen LogP contribution in [-0.2, 0) is 0 Å². The third-order valence-electron chi connectivity index (χ3n) is 10.7. The van der Waals surface area contributed by atoms with Gasteiger partial charge in [-0.05, 0) is 118 Å². The molecule has 0 spiro atoms. The van der Waals surface area contributed by atoms with Gasteiger partial charge in [0.2, 0.25) is 0 Å². The molecule has 4 rings (SSSR count). The molecular formula is C28H46O2. The Balaban J connectivity index is 1.51. The standard InChI is InChI=1S/C28H46O2/c1-7-25(3,29)14-12-19(2)22-10-11-23-21-9-8-20-18-26(4,30)16-17-27(20,5)24(21)13-15-28(22,23)6/h7-8,19,21-24,29-30H,1,9-18H2,2-6H3/t19-,21?,22-,23+,24+,25+,26+,27+,28-/m1/s1. The van der Waals surface area contributed by atoms with E-state index < -0.39 is 11.2 Å². The van der Waals surface area contributed by atoms with Gasteiger partial charge in [-0.2, -0.15) is 0 Å². The zero-order chi connectivity index (χ0) is 21.9. The maximum atomic E-state index is 10.7. The Morgan fingerprint density at radius 3 is 2.60 bits per heavy atom. The van der Waals surface area contributed by atoms with Crippen LogP contribution in [0.5, 0.6) is 0 Å². The van der Waals surface area contributed by atoms with Crippen LogP contribution in [0.25, 0.3) is 0 Å². The van der Waals surface area contributed by atoms with Gasteiger partial charge < -0.3 is 10.2 Å². The molecule has 2 heteroatoms. The molecule has 30 heavy (non-hydrogen) atoms. The SMILES string of the molecule is C=C[C@](C)(O)CC[C@@H](C)[C@H]1CC[C@H]2C3CC=C4C[C@@](C)(O)CC[C@]4(C)[C@H]3CC[C@]12C. The smallest absolute Gasteiger partial charge is 0.0797 e. The van der Waals surface area contributed by atoms with E-state index in [0.29, 0.717) is 16.7 Å². The maximum Gasteiger partial charge on any atom is 0.0797 e. The van der Waals surface area contributed by atoms with E-state index in [1.54, 1.807) is 11.6 Å². The maximum absolute atomic E-state index is 10.7. The van der Waals surface area contributed by atoms with Crippen molar-refractivity contribution in [3.63, 3.8) is 0 Å². The third kappa shape index (κ3) is 3.64. The van der Waals surface area contributed by atoms with E-state index in [9.17, 15) is 10.2 Å². The molecule has 3 fully saturated rings. The van der Waals surface area contributed by atoms with Gasteiger partial charge in [0.25, 0.3) is 0 Å². The van der Waals surface area contributed by atoms with Gasteiger partial charge in [-0.1, -0.05) is 38.5 Å². The van der Waals surface area contributed by atoms with Crippen molar-refractivity contribution >= 4 is 0 Å². The van der Waals surface area contributed by atoms with E-state index in [2.05, 4.69) is 33.4 Å². The van der Waals surface area contributed by atoms with E-state index >= 15 is 0 Å². The predicted octanol–water partition coefficient (Wildman–Crippen LogP) is 6.67. The highest BCUT2D eigenvalue weighted by Crippen LogP contribution is 2.67. The van der Waals surface area contributed by atoms with Crippen molar-refractivity contribution in [2.75, 3.05) is 0 Å². The van der Waals surface area contributed by atoms with Gasteiger partial charge in [-0.25, -0.2) is 0 Å². The minimum atomic E-state index is -0.730. The van der Waals surface area contributed by atoms with Crippen LogP contribution in [0, 0.1) is 40.4 Å². The Kier molecular flexibility index (Phi) is 5.63. The number of aliphatic hydroxyl groups is 2. The third-order valence-corrected chi connectivity index (χ3v) is 10.7. The summed E-state index contributed by atoms with van der Waals surface area (Å²) in [5.74, 6) is 3.93. The van der Waals surface area contributed by atoms with Crippen LogP contribution in [0.4, 0.5) is 0 Å². The Morgan fingerprint density at radius 1 is 1.17 bits per heavy atom. The highest BCUT2D eigenvalue weighted by Gasteiger charge is 2.59. The molecule has 0 amide bonds. The highest BCUT2D eigenvalue weighted by atomic mass is 16.3. The van der Waals surface area contributed by atoms with Crippen molar-refractivity contribution in [2.45, 2.75) is 110 Å². The largest absolute Gasteiger partial charge is 0.390 e. The van der Waals surface area contributed by atoms with Crippen LogP contribution >= 0.6 is 0 Å². The minimum Gasteiger partial charge on any atom is -0.390 e. The summed E-state index contributed by atoms with van der Waals surface area (Å²) in [7, 11) is 0. The monoisotopic (exact) mass is 414 g/mol. The van der Waals surface area contributed by atoms with Crippen molar-refractivity contribution in [3.05, 3.63) is 24.3 Å². The van der Waals surface area contributed by atoms with Gasteiger partial charge >= 0.3 is 0 Å². The van der Waals surface area contributed by atoms with Crippen molar-refractivity contribution in [3.8, 4) is 0 Å². The van der Waals surface area contributed by atoms with Crippen molar-refractivity contribution in [1.29, 1.82) is 0 Å². The molecule has 170 valence electrons. The van der Waals surface area contributed by atoms with E-state index in [1.165, 1.54) is 32.1 Å². The molecular weight excluding hydrogens is 368 g/mol. The second kappa shape index (κ2) is 7.48. The number of hydrogen-bond acceptors (Lipinski definition) is 2. The van der Waals surface area contributed by atoms with Crippen molar-refractivity contribution in [1.82, 2.24) is 0 Å². The summed E-state index contributed by atoms with van der Waals surface area (Å²) in [4.78, 5) is 0. The normalized spacial score (nSPS) is 48.6. The molecule has 4 aliphatic rings. The first-order valence-electron chi connectivity index (χ1n) is 12.7. The van der Waals surface area contributed by atoms with Crippen LogP contribution in [0.15, 0.2) is 24.3 Å². The molecule has 0 aromatic heterocycles. The van der Waals surface area contributed by atoms with Gasteiger partial charge in [0.1, 0.15) is 0 Å². The quantitative estimate of drug-likeness (QED) is 0.493. The number of fused-ring (bicyclic) bond motifs is 5. The molecule has 0 aromatic rings. The van der Waals surface area contributed by atoms with Gasteiger partial charge in [-0.3, -0.25) is 0 Å². The van der Waals surface area contributed by atoms with Crippen LogP contribution < -0.4 is 0 Å². The second-order valence-electron chi connectivity index (χ2n) is 12.7. The first kappa shape index (κ1) is 22.6. The molecule has 0 aromatic carbocycles. The summed E-state index contributed by atoms with van der Waals surface area (Å²) in [6.07, 6.45) is 15.9. The van der Waals surface area contributed by atoms with Gasteiger partial charge in [0.15, 0.2) is 0 Å². The van der Waals surface area contributed by atoms with E-state index in [1.807, 2.05) is 13.8 Å². The summed E-state index contributed by atoms with van der Waals surface area (Å²) >= 11 is 0. The fraction of sp³-hybridized carbons (Fsp3) is 0.857. The molecule has 2 nitrogen and oxygen atoms in total. The lowest BCUT2D eigenvalue weighted by molar-refractivity contribution is -0.0711. The first-order valence-corrected chi connectivity index (χ1v) is 12.7. The summed E-state index contributed by atoms with van der Waals surface area (Å²) in [6.45, 7) is 15.3. The van der Waals surface area contributed by atoms with Crippen LogP contribution in [0.1, 0.15) is 98.8 Å². The summed E-state index contributed by atoms with van der Waals surface area (Å²) in [6, 6.07) is 0. The van der Waals surface area contributed by atoms with Crippen molar-refractivity contribution in [2.24, 2.45) is 40.4 Å². The number of hydrogen-bond donors (Lipinski definition) is 2. The molecule has 0 radical (unpaired) electrons. The lowest BCUT2D eigenvalue weighted by atomic mass is 9.46. The minimum absolute atomic E-state index is 0.318. The Hall–Kier alpha value is -0.600. The molecule has 4 aliphatic carbocycles. The number of rotatable bonds is 5. The summed E-state index contributed by atoms with van der Waals surface area (Å²) in [5.41, 5.74) is 1.12. The second-order valence-corrected chi connectivity index (χ2v) is 12.7. The lowest BCUT2D eigenvalue weighted by Crippen LogP contribution is -2.52. The molecule has 2 N–H and O–H groups in total. The zero-order valence-electron chi connectivity index (χ0n) is 20.2. The fourth-order valence-electron chi connectivity index (χ4n) is 8.60. The average molecular weight is 415 g/mol. The van der Waals surface area contributed by atoms with Crippen LogP contribution in [0.2, 0.25) is 0 Å². The molecule has 0 bridgehead atoms. The van der Waals surface area contributed by atoms with Gasteiger partial charge in [-0.15, -0.1) is 6.58 Å². The highest BCUT2D eigenvalue weighted by molar-refractivity contribution is 5.26. The van der Waals surface area contributed by atoms with Crippen LogP contribution in [-0.4, -0.2) is 21.4 Å². The predicted molar refractivity (Wildman–Crippen MR) is 125 cm³/mol. The molecule has 0 aliphatic heterocycles. The Labute approximate surface area is 185 Å². The van der Waals surface area contributed by atoms with E-state index in [0.717, 1.165) is 55.8 Å².